The van der Waals surface area contributed by atoms with Crippen LogP contribution in [0.15, 0.2) is 36.4 Å². The monoisotopic (exact) mass is 506 g/mol. The highest BCUT2D eigenvalue weighted by atomic mass is 16.6. The van der Waals surface area contributed by atoms with Crippen molar-refractivity contribution in [1.82, 2.24) is 0 Å². The molecule has 2 aliphatic carbocycles. The predicted molar refractivity (Wildman–Crippen MR) is 149 cm³/mol. The van der Waals surface area contributed by atoms with Crippen LogP contribution in [0.3, 0.4) is 0 Å². The van der Waals surface area contributed by atoms with Crippen molar-refractivity contribution >= 4 is 23.6 Å². The second kappa shape index (κ2) is 8.50. The van der Waals surface area contributed by atoms with E-state index in [-0.39, 0.29) is 16.2 Å². The maximum absolute atomic E-state index is 12.5. The lowest BCUT2D eigenvalue weighted by atomic mass is 9.72. The zero-order valence-corrected chi connectivity index (χ0v) is 24.0. The molecule has 2 aromatic carbocycles. The van der Waals surface area contributed by atoms with Gasteiger partial charge in [0.1, 0.15) is 11.2 Å². The third-order valence-electron chi connectivity index (χ3n) is 7.31. The van der Waals surface area contributed by atoms with Crippen molar-refractivity contribution in [3.05, 3.63) is 58.7 Å². The second-order valence-corrected chi connectivity index (χ2v) is 14.0. The minimum absolute atomic E-state index is 0.0495. The highest BCUT2D eigenvalue weighted by molar-refractivity contribution is 5.86. The van der Waals surface area contributed by atoms with E-state index in [0.717, 1.165) is 24.2 Å². The van der Waals surface area contributed by atoms with E-state index in [1.165, 1.54) is 22.3 Å². The van der Waals surface area contributed by atoms with Crippen molar-refractivity contribution in [3.63, 3.8) is 0 Å². The van der Waals surface area contributed by atoms with Crippen LogP contribution in [0.4, 0.5) is 21.0 Å². The highest BCUT2D eigenvalue weighted by Crippen LogP contribution is 2.63. The topological polar surface area (TPSA) is 76.7 Å². The first-order chi connectivity index (χ1) is 16.8. The van der Waals surface area contributed by atoms with E-state index >= 15 is 0 Å². The van der Waals surface area contributed by atoms with Gasteiger partial charge < -0.3 is 9.47 Å². The van der Waals surface area contributed by atoms with Crippen molar-refractivity contribution in [2.24, 2.45) is 0 Å². The summed E-state index contributed by atoms with van der Waals surface area (Å²) in [5.41, 5.74) is 4.99. The van der Waals surface area contributed by atoms with Crippen LogP contribution in [0.25, 0.3) is 0 Å². The number of hydrogen-bond acceptors (Lipinski definition) is 4. The molecule has 4 rings (SSSR count). The Labute approximate surface area is 221 Å². The van der Waals surface area contributed by atoms with E-state index in [1.54, 1.807) is 0 Å². The Kier molecular flexibility index (Phi) is 6.21. The van der Waals surface area contributed by atoms with Gasteiger partial charge in [-0.05, 0) is 112 Å². The molecule has 2 aromatic rings. The van der Waals surface area contributed by atoms with Crippen molar-refractivity contribution < 1.29 is 19.1 Å². The molecule has 2 amide bonds. The molecule has 6 nitrogen and oxygen atoms in total. The average Bonchev–Trinajstić information content (AvgIpc) is 3.04. The van der Waals surface area contributed by atoms with Gasteiger partial charge in [0.15, 0.2) is 0 Å². The lowest BCUT2D eigenvalue weighted by Crippen LogP contribution is -2.28. The van der Waals surface area contributed by atoms with Crippen molar-refractivity contribution in [3.8, 4) is 0 Å². The minimum atomic E-state index is -0.573. The van der Waals surface area contributed by atoms with Crippen LogP contribution in [0, 0.1) is 0 Å². The summed E-state index contributed by atoms with van der Waals surface area (Å²) in [7, 11) is 0. The summed E-state index contributed by atoms with van der Waals surface area (Å²) in [6.07, 6.45) is 0.958. The summed E-state index contributed by atoms with van der Waals surface area (Å²) < 4.78 is 11.0. The van der Waals surface area contributed by atoms with Gasteiger partial charge in [0.05, 0.1) is 0 Å². The predicted octanol–water partition coefficient (Wildman–Crippen LogP) is 8.03. The van der Waals surface area contributed by atoms with Gasteiger partial charge in [0.25, 0.3) is 0 Å². The zero-order chi connectivity index (χ0) is 27.6. The van der Waals surface area contributed by atoms with Crippen LogP contribution in [0.5, 0.6) is 0 Å². The standard InChI is InChI=1S/C31H42N2O4/c1-27(2,3)36-25(34)32-19-11-13-21-23(15-19)31(17-29(21,7)8)18-30(9,10)22-14-12-20(16-24(22)31)33-26(35)37-28(4,5)6/h11-16H,17-18H2,1-10H3,(H,32,34)(H,33,35). The Morgan fingerprint density at radius 2 is 1.00 bits per heavy atom. The number of fused-ring (bicyclic) bond motifs is 4. The van der Waals surface area contributed by atoms with Crippen LogP contribution < -0.4 is 10.6 Å². The van der Waals surface area contributed by atoms with E-state index in [4.69, 9.17) is 9.47 Å². The number of amides is 2. The number of benzene rings is 2. The minimum Gasteiger partial charge on any atom is -0.444 e. The Morgan fingerprint density at radius 3 is 1.32 bits per heavy atom. The molecule has 37 heavy (non-hydrogen) atoms. The van der Waals surface area contributed by atoms with E-state index in [1.807, 2.05) is 53.7 Å². The molecule has 0 unspecified atom stereocenters. The van der Waals surface area contributed by atoms with Crippen LogP contribution in [0.2, 0.25) is 0 Å². The summed E-state index contributed by atoms with van der Waals surface area (Å²) in [6, 6.07) is 12.4. The third-order valence-corrected chi connectivity index (χ3v) is 7.31. The van der Waals surface area contributed by atoms with Crippen molar-refractivity contribution in [2.75, 3.05) is 10.6 Å². The van der Waals surface area contributed by atoms with Crippen molar-refractivity contribution in [2.45, 2.75) is 110 Å². The molecule has 2 N–H and O–H groups in total. The lowest BCUT2D eigenvalue weighted by molar-refractivity contribution is 0.0624. The quantitative estimate of drug-likeness (QED) is 0.432. The number of ether oxygens (including phenoxy) is 2. The number of hydrogen-bond donors (Lipinski definition) is 2. The summed E-state index contributed by atoms with van der Waals surface area (Å²) in [4.78, 5) is 25.1. The molecule has 0 fully saturated rings. The fourth-order valence-electron chi connectivity index (χ4n) is 6.35. The van der Waals surface area contributed by atoms with E-state index in [2.05, 4.69) is 62.6 Å². The first kappa shape index (κ1) is 27.0. The van der Waals surface area contributed by atoms with Crippen LogP contribution >= 0.6 is 0 Å². The summed E-state index contributed by atoms with van der Waals surface area (Å²) in [5, 5.41) is 5.86. The maximum atomic E-state index is 12.5. The maximum Gasteiger partial charge on any atom is 0.412 e. The fraction of sp³-hybridized carbons (Fsp3) is 0.548. The molecule has 6 heteroatoms. The van der Waals surface area contributed by atoms with E-state index in [9.17, 15) is 9.59 Å². The zero-order valence-electron chi connectivity index (χ0n) is 24.0. The smallest absolute Gasteiger partial charge is 0.412 e. The van der Waals surface area contributed by atoms with E-state index in [0.29, 0.717) is 0 Å². The van der Waals surface area contributed by atoms with Crippen LogP contribution in [0.1, 0.15) is 104 Å². The first-order valence-electron chi connectivity index (χ1n) is 13.1. The van der Waals surface area contributed by atoms with Gasteiger partial charge in [-0.1, -0.05) is 39.8 Å². The largest absolute Gasteiger partial charge is 0.444 e. The molecule has 1 spiro atoms. The third kappa shape index (κ3) is 5.34. The Balaban J connectivity index is 1.77. The summed E-state index contributed by atoms with van der Waals surface area (Å²) in [5.74, 6) is 0. The van der Waals surface area contributed by atoms with Gasteiger partial charge in [-0.25, -0.2) is 9.59 Å². The normalized spacial score (nSPS) is 18.6. The van der Waals surface area contributed by atoms with Gasteiger partial charge in [-0.3, -0.25) is 10.6 Å². The molecule has 200 valence electrons. The number of rotatable bonds is 2. The average molecular weight is 507 g/mol. The summed E-state index contributed by atoms with van der Waals surface area (Å²) >= 11 is 0. The fourth-order valence-corrected chi connectivity index (χ4v) is 6.35. The molecule has 0 atom stereocenters. The van der Waals surface area contributed by atoms with Gasteiger partial charge in [0.2, 0.25) is 0 Å². The highest BCUT2D eigenvalue weighted by Gasteiger charge is 2.56. The molecule has 0 saturated heterocycles. The molecule has 0 aliphatic heterocycles. The Morgan fingerprint density at radius 1 is 0.649 bits per heavy atom. The van der Waals surface area contributed by atoms with Crippen molar-refractivity contribution in [1.29, 1.82) is 0 Å². The Bertz CT molecular complexity index is 1150. The van der Waals surface area contributed by atoms with Crippen LogP contribution in [-0.4, -0.2) is 23.4 Å². The molecule has 2 aliphatic rings. The van der Waals surface area contributed by atoms with Gasteiger partial charge >= 0.3 is 12.2 Å². The number of carbonyl (C=O) groups excluding carboxylic acids is 2. The lowest BCUT2D eigenvalue weighted by Gasteiger charge is -2.31. The molecule has 0 bridgehead atoms. The number of carbonyl (C=O) groups is 2. The van der Waals surface area contributed by atoms with Gasteiger partial charge in [-0.2, -0.15) is 0 Å². The second-order valence-electron chi connectivity index (χ2n) is 14.0. The van der Waals surface area contributed by atoms with Gasteiger partial charge in [0, 0.05) is 16.8 Å². The molecule has 0 heterocycles. The molecule has 0 saturated carbocycles. The molecule has 0 radical (unpaired) electrons. The Hall–Kier alpha value is -3.02. The summed E-state index contributed by atoms with van der Waals surface area (Å²) in [6.45, 7) is 20.3. The molecule has 0 aromatic heterocycles. The van der Waals surface area contributed by atoms with Gasteiger partial charge in [-0.15, -0.1) is 0 Å². The first-order valence-corrected chi connectivity index (χ1v) is 13.1. The molecular weight excluding hydrogens is 464 g/mol. The van der Waals surface area contributed by atoms with E-state index < -0.39 is 23.4 Å². The number of nitrogens with one attached hydrogen (secondary N) is 2. The van der Waals surface area contributed by atoms with Crippen LogP contribution in [-0.2, 0) is 25.7 Å². The number of anilines is 2. The molecular formula is C31H42N2O4. The SMILES string of the molecule is CC(C)(C)OC(=O)Nc1ccc2c(c1)C1(CC2(C)C)CC(C)(C)c2ccc(NC(=O)OC(C)(C)C)cc21.